The molecule has 2 aromatic rings. The maximum Gasteiger partial charge on any atom is 0.214 e. The molecule has 0 bridgehead atoms. The van der Waals surface area contributed by atoms with Gasteiger partial charge in [0.15, 0.2) is 0 Å². The monoisotopic (exact) mass is 269 g/mol. The van der Waals surface area contributed by atoms with Crippen LogP contribution in [0.5, 0.6) is 5.75 Å². The van der Waals surface area contributed by atoms with Crippen LogP contribution >= 0.6 is 10.9 Å². The zero-order valence-electron chi connectivity index (χ0n) is 10.4. The van der Waals surface area contributed by atoms with Crippen LogP contribution in [0.3, 0.4) is 0 Å². The zero-order chi connectivity index (χ0) is 14.2. The minimum Gasteiger partial charge on any atom is -0.507 e. The maximum absolute atomic E-state index is 9.86. The highest BCUT2D eigenvalue weighted by Gasteiger charge is 2.19. The van der Waals surface area contributed by atoms with E-state index in [-0.39, 0.29) is 10.6 Å². The van der Waals surface area contributed by atoms with Crippen LogP contribution in [-0.2, 0) is 0 Å². The number of nitrogens with zero attached hydrogens (tertiary/aromatic N) is 1. The van der Waals surface area contributed by atoms with Gasteiger partial charge in [-0.2, -0.15) is 5.11 Å². The molecule has 0 aliphatic heterocycles. The molecule has 2 aromatic carbocycles. The van der Waals surface area contributed by atoms with Crippen LogP contribution in [-0.4, -0.2) is 18.8 Å². The van der Waals surface area contributed by atoms with E-state index in [1.165, 1.54) is 6.07 Å². The van der Waals surface area contributed by atoms with Gasteiger partial charge in [0.05, 0.1) is 10.6 Å². The molecule has 0 aliphatic rings. The first kappa shape index (κ1) is 11.4. The van der Waals surface area contributed by atoms with Crippen molar-refractivity contribution in [1.82, 2.24) is 0 Å². The van der Waals surface area contributed by atoms with E-state index < -0.39 is 10.9 Å². The Kier molecular flexibility index (Phi) is 2.67. The number of phenolic OH excluding ortho intramolecular Hbond substituents is 1. The van der Waals surface area contributed by atoms with Crippen LogP contribution in [0, 0.1) is 12.4 Å². The molecule has 6 nitrogen and oxygen atoms in total. The number of hydrogen-bond acceptors (Lipinski definition) is 6. The fraction of sp³-hybridized carbons (Fsp3) is 0.0909. The van der Waals surface area contributed by atoms with E-state index in [4.69, 9.17) is 1.41 Å². The van der Waals surface area contributed by atoms with Gasteiger partial charge in [-0.05, 0) is 24.6 Å². The van der Waals surface area contributed by atoms with Crippen LogP contribution in [0.1, 0.15) is 5.56 Å². The van der Waals surface area contributed by atoms with Crippen LogP contribution in [0.4, 0.5) is 5.69 Å². The highest BCUT2D eigenvalue weighted by Crippen LogP contribution is 2.48. The van der Waals surface area contributed by atoms with Gasteiger partial charge >= 0.3 is 0 Å². The second-order valence-electron chi connectivity index (χ2n) is 3.89. The topological polar surface area (TPSA) is 117 Å². The van der Waals surface area contributed by atoms with Gasteiger partial charge in [-0.1, -0.05) is 12.1 Å². The fourth-order valence-electron chi connectivity index (χ4n) is 1.77. The van der Waals surface area contributed by atoms with Gasteiger partial charge in [0, 0.05) is 10.8 Å². The Balaban J connectivity index is 2.87. The molecule has 2 rings (SSSR count). The standard InChI is InChI=1S/C11H12N2O4S/c1-6-2-3-8-9(11(6)13-12)4-7(5-10(8)14)18(15,16)17/h2-5,12,14-17H,1H3/i/hD. The summed E-state index contributed by atoms with van der Waals surface area (Å²) < 4.78 is 34.6. The van der Waals surface area contributed by atoms with Gasteiger partial charge in [-0.15, -0.1) is 0 Å². The molecule has 0 saturated carbocycles. The average molecular weight is 269 g/mol. The molecule has 0 saturated heterocycles. The number of aryl methyl sites for hydroxylation is 1. The normalized spacial score (nSPS) is 14.1. The number of rotatable bonds is 2. The van der Waals surface area contributed by atoms with Crippen molar-refractivity contribution in [2.75, 3.05) is 0 Å². The van der Waals surface area contributed by atoms with Crippen LogP contribution in [0.2, 0.25) is 1.41 Å². The molecular formula is C11H12N2O4S. The van der Waals surface area contributed by atoms with Crippen molar-refractivity contribution in [3.05, 3.63) is 29.8 Å². The van der Waals surface area contributed by atoms with Crippen LogP contribution in [0.25, 0.3) is 10.8 Å². The molecule has 0 radical (unpaired) electrons. The quantitative estimate of drug-likeness (QED) is 0.527. The van der Waals surface area contributed by atoms with Crippen molar-refractivity contribution in [1.29, 1.82) is 5.52 Å². The van der Waals surface area contributed by atoms with Crippen molar-refractivity contribution in [3.8, 4) is 5.75 Å². The first-order valence-electron chi connectivity index (χ1n) is 5.41. The molecule has 0 atom stereocenters. The SMILES string of the molecule is [2H]N=Nc1c(C)ccc2c(O)cc(S(O)(O)O)cc12. The summed E-state index contributed by atoms with van der Waals surface area (Å²) in [7, 11) is -3.94. The molecule has 0 aromatic heterocycles. The Morgan fingerprint density at radius 3 is 2.56 bits per heavy atom. The molecule has 0 heterocycles. The number of hydrogen-bond donors (Lipinski definition) is 5. The van der Waals surface area contributed by atoms with Gasteiger partial charge in [-0.25, -0.2) is 5.52 Å². The van der Waals surface area contributed by atoms with E-state index in [0.29, 0.717) is 22.0 Å². The van der Waals surface area contributed by atoms with Gasteiger partial charge < -0.3 is 18.8 Å². The van der Waals surface area contributed by atoms with Crippen molar-refractivity contribution in [2.24, 2.45) is 5.11 Å². The number of nitrogens with one attached hydrogen (secondary N) is 1. The Morgan fingerprint density at radius 1 is 1.22 bits per heavy atom. The summed E-state index contributed by atoms with van der Waals surface area (Å²) in [6.07, 6.45) is 0. The van der Waals surface area contributed by atoms with Gasteiger partial charge in [-0.3, -0.25) is 0 Å². The van der Waals surface area contributed by atoms with Crippen LogP contribution < -0.4 is 0 Å². The minimum absolute atomic E-state index is 0.218. The molecule has 0 amide bonds. The molecule has 5 N–H and O–H groups in total. The second kappa shape index (κ2) is 4.21. The summed E-state index contributed by atoms with van der Waals surface area (Å²) in [6.45, 7) is 1.74. The van der Waals surface area contributed by atoms with E-state index in [2.05, 4.69) is 10.6 Å². The number of benzene rings is 2. The van der Waals surface area contributed by atoms with E-state index in [1.54, 1.807) is 19.1 Å². The maximum atomic E-state index is 9.86. The largest absolute Gasteiger partial charge is 0.507 e. The average Bonchev–Trinajstić information content (AvgIpc) is 2.31. The van der Waals surface area contributed by atoms with Crippen molar-refractivity contribution in [3.63, 3.8) is 0 Å². The third-order valence-corrected chi connectivity index (χ3v) is 3.54. The minimum atomic E-state index is -3.94. The van der Waals surface area contributed by atoms with Crippen LogP contribution in [0.15, 0.2) is 34.3 Å². The summed E-state index contributed by atoms with van der Waals surface area (Å²) in [5.74, 6) is -0.219. The van der Waals surface area contributed by atoms with E-state index >= 15 is 0 Å². The smallest absolute Gasteiger partial charge is 0.214 e. The lowest BCUT2D eigenvalue weighted by molar-refractivity contribution is 0.375. The lowest BCUT2D eigenvalue weighted by atomic mass is 10.0. The Labute approximate surface area is 106 Å². The molecule has 0 spiro atoms. The lowest BCUT2D eigenvalue weighted by Gasteiger charge is -2.20. The summed E-state index contributed by atoms with van der Waals surface area (Å²) in [5, 5.41) is 14.3. The highest BCUT2D eigenvalue weighted by atomic mass is 32.3. The number of phenols is 1. The Hall–Kier alpha value is -1.67. The van der Waals surface area contributed by atoms with E-state index in [1.807, 2.05) is 0 Å². The predicted molar refractivity (Wildman–Crippen MR) is 68.9 cm³/mol. The number of fused-ring (bicyclic) bond motifs is 1. The predicted octanol–water partition coefficient (Wildman–Crippen LogP) is 4.10. The molecule has 96 valence electrons. The Bertz CT molecular complexity index is 670. The third-order valence-electron chi connectivity index (χ3n) is 2.68. The van der Waals surface area contributed by atoms with Crippen molar-refractivity contribution >= 4 is 27.3 Å². The van der Waals surface area contributed by atoms with Gasteiger partial charge in [0.25, 0.3) is 0 Å². The van der Waals surface area contributed by atoms with Crippen molar-refractivity contribution in [2.45, 2.75) is 11.8 Å². The van der Waals surface area contributed by atoms with Gasteiger partial charge in [0.1, 0.15) is 16.6 Å². The molecule has 7 heteroatoms. The molecule has 0 unspecified atom stereocenters. The lowest BCUT2D eigenvalue weighted by Crippen LogP contribution is -1.95. The summed E-state index contributed by atoms with van der Waals surface area (Å²) in [6, 6.07) is 5.72. The first-order valence-corrected chi connectivity index (χ1v) is 6.47. The molecule has 0 fully saturated rings. The third kappa shape index (κ3) is 2.04. The van der Waals surface area contributed by atoms with Gasteiger partial charge in [0.2, 0.25) is 1.41 Å². The second-order valence-corrected chi connectivity index (χ2v) is 5.40. The molecular weight excluding hydrogens is 256 g/mol. The number of aromatic hydroxyl groups is 1. The Morgan fingerprint density at radius 2 is 1.94 bits per heavy atom. The molecule has 0 aliphatic carbocycles. The summed E-state index contributed by atoms with van der Waals surface area (Å²) in [4.78, 5) is -0.218. The van der Waals surface area contributed by atoms with E-state index in [9.17, 15) is 18.8 Å². The first-order chi connectivity index (χ1) is 8.84. The van der Waals surface area contributed by atoms with E-state index in [0.717, 1.165) is 6.07 Å². The fourth-order valence-corrected chi connectivity index (χ4v) is 2.32. The summed E-state index contributed by atoms with van der Waals surface area (Å²) >= 11 is 0. The summed E-state index contributed by atoms with van der Waals surface area (Å²) in [5.41, 5.74) is 3.98. The molecule has 18 heavy (non-hydrogen) atoms. The zero-order valence-corrected chi connectivity index (χ0v) is 10.2. The highest BCUT2D eigenvalue weighted by molar-refractivity contribution is 8.19. The van der Waals surface area contributed by atoms with Crippen molar-refractivity contribution < 1.29 is 20.2 Å².